The number of nitrogens with zero attached hydrogens (tertiary/aromatic N) is 1. The molecule has 0 aromatic heterocycles. The van der Waals surface area contributed by atoms with Gasteiger partial charge in [-0.25, -0.2) is 0 Å². The maximum absolute atomic E-state index is 13.1. The Kier molecular flexibility index (Phi) is 10.1. The number of halogens is 4. The second kappa shape index (κ2) is 12.1. The Morgan fingerprint density at radius 1 is 0.967 bits per heavy atom. The lowest BCUT2D eigenvalue weighted by Crippen LogP contribution is -2.48. The average Bonchev–Trinajstić information content (AvgIpc) is 2.72. The highest BCUT2D eigenvalue weighted by molar-refractivity contribution is 7.99. The van der Waals surface area contributed by atoms with Crippen LogP contribution in [0.1, 0.15) is 24.5 Å². The molecule has 0 saturated carbocycles. The number of nitrogens with one attached hydrogen (secondary N) is 1. The van der Waals surface area contributed by atoms with E-state index < -0.39 is 6.04 Å². The second-order valence-corrected chi connectivity index (χ2v) is 9.16. The standard InChI is InChI=1S/C21H22Cl4N2O2S/c1-3-19(21(29)26-2)27(10-13-4-6-15(22)17(24)8-13)20(28)12-30-11-14-5-7-16(23)18(25)9-14/h4-9,19H,3,10-12H2,1-2H3,(H,26,29)/t19-/m1/s1. The molecule has 2 aromatic carbocycles. The summed E-state index contributed by atoms with van der Waals surface area (Å²) < 4.78 is 0. The molecule has 4 nitrogen and oxygen atoms in total. The second-order valence-electron chi connectivity index (χ2n) is 6.55. The molecule has 0 heterocycles. The molecule has 2 rings (SSSR count). The van der Waals surface area contributed by atoms with Crippen LogP contribution in [0.3, 0.4) is 0 Å². The van der Waals surface area contributed by atoms with E-state index >= 15 is 0 Å². The van der Waals surface area contributed by atoms with Gasteiger partial charge in [0.15, 0.2) is 0 Å². The molecule has 0 unspecified atom stereocenters. The van der Waals surface area contributed by atoms with Gasteiger partial charge in [-0.1, -0.05) is 65.5 Å². The van der Waals surface area contributed by atoms with Crippen molar-refractivity contribution in [3.63, 3.8) is 0 Å². The lowest BCUT2D eigenvalue weighted by atomic mass is 10.1. The highest BCUT2D eigenvalue weighted by atomic mass is 35.5. The fraction of sp³-hybridized carbons (Fsp3) is 0.333. The van der Waals surface area contributed by atoms with Gasteiger partial charge in [0, 0.05) is 19.3 Å². The van der Waals surface area contributed by atoms with Crippen LogP contribution < -0.4 is 5.32 Å². The lowest BCUT2D eigenvalue weighted by molar-refractivity contribution is -0.139. The largest absolute Gasteiger partial charge is 0.357 e. The lowest BCUT2D eigenvalue weighted by Gasteiger charge is -2.30. The van der Waals surface area contributed by atoms with Crippen molar-refractivity contribution in [2.24, 2.45) is 0 Å². The average molecular weight is 508 g/mol. The van der Waals surface area contributed by atoms with Crippen LogP contribution in [0.15, 0.2) is 36.4 Å². The third-order valence-corrected chi connectivity index (χ3v) is 6.91. The van der Waals surface area contributed by atoms with E-state index in [1.54, 1.807) is 42.3 Å². The third kappa shape index (κ3) is 6.96. The molecule has 0 radical (unpaired) electrons. The predicted molar refractivity (Wildman–Crippen MR) is 128 cm³/mol. The molecule has 2 amide bonds. The number of benzene rings is 2. The fourth-order valence-electron chi connectivity index (χ4n) is 2.89. The van der Waals surface area contributed by atoms with Crippen molar-refractivity contribution < 1.29 is 9.59 Å². The minimum atomic E-state index is -0.581. The first kappa shape index (κ1) is 25.2. The van der Waals surface area contributed by atoms with E-state index in [9.17, 15) is 9.59 Å². The van der Waals surface area contributed by atoms with Gasteiger partial charge >= 0.3 is 0 Å². The zero-order valence-electron chi connectivity index (χ0n) is 16.6. The Bertz CT molecular complexity index is 911. The number of carbonyl (C=O) groups is 2. The van der Waals surface area contributed by atoms with E-state index in [-0.39, 0.29) is 24.1 Å². The van der Waals surface area contributed by atoms with E-state index in [1.165, 1.54) is 11.8 Å². The molecule has 0 aliphatic heterocycles. The number of carbonyl (C=O) groups excluding carboxylic acids is 2. The summed E-state index contributed by atoms with van der Waals surface area (Å²) in [5, 5.41) is 4.45. The molecular weight excluding hydrogens is 486 g/mol. The van der Waals surface area contributed by atoms with Crippen molar-refractivity contribution in [1.29, 1.82) is 0 Å². The predicted octanol–water partition coefficient (Wildman–Crippen LogP) is 6.09. The number of thioether (sulfide) groups is 1. The van der Waals surface area contributed by atoms with Crippen LogP contribution in [0.2, 0.25) is 20.1 Å². The normalized spacial score (nSPS) is 11.8. The van der Waals surface area contributed by atoms with Gasteiger partial charge in [-0.05, 0) is 41.8 Å². The fourth-order valence-corrected chi connectivity index (χ4v) is 4.39. The number of hydrogen-bond donors (Lipinski definition) is 1. The number of hydrogen-bond acceptors (Lipinski definition) is 3. The molecular formula is C21H22Cl4N2O2S. The van der Waals surface area contributed by atoms with Crippen molar-refractivity contribution >= 4 is 70.0 Å². The van der Waals surface area contributed by atoms with Gasteiger partial charge in [0.25, 0.3) is 0 Å². The summed E-state index contributed by atoms with van der Waals surface area (Å²) >= 11 is 25.6. The van der Waals surface area contributed by atoms with Crippen molar-refractivity contribution in [3.8, 4) is 0 Å². The van der Waals surface area contributed by atoms with E-state index in [2.05, 4.69) is 5.32 Å². The Balaban J connectivity index is 2.13. The van der Waals surface area contributed by atoms with Crippen LogP contribution in [-0.2, 0) is 21.9 Å². The molecule has 162 valence electrons. The zero-order valence-corrected chi connectivity index (χ0v) is 20.4. The smallest absolute Gasteiger partial charge is 0.242 e. The molecule has 1 N–H and O–H groups in total. The Hall–Kier alpha value is -1.11. The number of rotatable bonds is 9. The van der Waals surface area contributed by atoms with Crippen molar-refractivity contribution in [3.05, 3.63) is 67.6 Å². The quantitative estimate of drug-likeness (QED) is 0.447. The third-order valence-electron chi connectivity index (χ3n) is 4.45. The first-order valence-electron chi connectivity index (χ1n) is 9.23. The molecule has 0 bridgehead atoms. The van der Waals surface area contributed by atoms with Gasteiger partial charge in [-0.15, -0.1) is 11.8 Å². The maximum Gasteiger partial charge on any atom is 0.242 e. The summed E-state index contributed by atoms with van der Waals surface area (Å²) in [6.45, 7) is 2.13. The van der Waals surface area contributed by atoms with E-state index in [0.717, 1.165) is 11.1 Å². The molecule has 0 aliphatic rings. The maximum atomic E-state index is 13.1. The van der Waals surface area contributed by atoms with E-state index in [0.29, 0.717) is 32.3 Å². The minimum Gasteiger partial charge on any atom is -0.357 e. The Labute approximate surface area is 201 Å². The highest BCUT2D eigenvalue weighted by Crippen LogP contribution is 2.26. The van der Waals surface area contributed by atoms with Crippen LogP contribution >= 0.6 is 58.2 Å². The Morgan fingerprint density at radius 2 is 1.53 bits per heavy atom. The molecule has 2 aromatic rings. The molecule has 0 spiro atoms. The van der Waals surface area contributed by atoms with Crippen LogP contribution in [0, 0.1) is 0 Å². The first-order chi connectivity index (χ1) is 14.3. The van der Waals surface area contributed by atoms with Gasteiger partial charge in [-0.2, -0.15) is 0 Å². The zero-order chi connectivity index (χ0) is 22.3. The molecule has 0 fully saturated rings. The monoisotopic (exact) mass is 506 g/mol. The van der Waals surface area contributed by atoms with Crippen molar-refractivity contribution in [2.75, 3.05) is 12.8 Å². The number of amides is 2. The van der Waals surface area contributed by atoms with Crippen molar-refractivity contribution in [1.82, 2.24) is 10.2 Å². The first-order valence-corrected chi connectivity index (χ1v) is 11.9. The van der Waals surface area contributed by atoms with Crippen LogP contribution in [0.25, 0.3) is 0 Å². The highest BCUT2D eigenvalue weighted by Gasteiger charge is 2.28. The summed E-state index contributed by atoms with van der Waals surface area (Å²) in [6.07, 6.45) is 0.490. The Morgan fingerprint density at radius 3 is 2.07 bits per heavy atom. The van der Waals surface area contributed by atoms with Gasteiger partial charge in [0.1, 0.15) is 6.04 Å². The summed E-state index contributed by atoms with van der Waals surface area (Å²) in [5.41, 5.74) is 1.77. The van der Waals surface area contributed by atoms with E-state index in [1.807, 2.05) is 13.0 Å². The topological polar surface area (TPSA) is 49.4 Å². The molecule has 0 aliphatic carbocycles. The van der Waals surface area contributed by atoms with Crippen molar-refractivity contribution in [2.45, 2.75) is 31.7 Å². The van der Waals surface area contributed by atoms with Gasteiger partial charge in [0.05, 0.1) is 25.8 Å². The molecule has 0 saturated heterocycles. The van der Waals surface area contributed by atoms with Crippen LogP contribution in [0.5, 0.6) is 0 Å². The summed E-state index contributed by atoms with van der Waals surface area (Å²) in [4.78, 5) is 27.0. The summed E-state index contributed by atoms with van der Waals surface area (Å²) in [7, 11) is 1.56. The van der Waals surface area contributed by atoms with Gasteiger partial charge in [0.2, 0.25) is 11.8 Å². The van der Waals surface area contributed by atoms with Gasteiger partial charge < -0.3 is 10.2 Å². The van der Waals surface area contributed by atoms with E-state index in [4.69, 9.17) is 46.4 Å². The molecule has 1 atom stereocenters. The summed E-state index contributed by atoms with van der Waals surface area (Å²) in [6, 6.07) is 10.0. The summed E-state index contributed by atoms with van der Waals surface area (Å²) in [5.74, 6) is 0.469. The van der Waals surface area contributed by atoms with Crippen LogP contribution in [0.4, 0.5) is 0 Å². The van der Waals surface area contributed by atoms with Crippen LogP contribution in [-0.4, -0.2) is 35.6 Å². The van der Waals surface area contributed by atoms with Gasteiger partial charge in [-0.3, -0.25) is 9.59 Å². The number of likely N-dealkylation sites (N-methyl/N-ethyl adjacent to an activating group) is 1. The minimum absolute atomic E-state index is 0.137. The molecule has 9 heteroatoms. The molecule has 30 heavy (non-hydrogen) atoms. The SMILES string of the molecule is CC[C@H](C(=O)NC)N(Cc1ccc(Cl)c(Cl)c1)C(=O)CSCc1ccc(Cl)c(Cl)c1.